The number of nitrogens with one attached hydrogen (secondary N) is 1. The molecular weight excluding hydrogens is 437 g/mol. The van der Waals surface area contributed by atoms with Crippen LogP contribution < -0.4 is 5.32 Å². The Morgan fingerprint density at radius 2 is 1.95 bits per heavy atom. The van der Waals surface area contributed by atoms with Gasteiger partial charge in [-0.25, -0.2) is 9.18 Å². The Hall–Kier alpha value is -0.920. The van der Waals surface area contributed by atoms with E-state index < -0.39 is 11.8 Å². The maximum absolute atomic E-state index is 13.6. The van der Waals surface area contributed by atoms with Crippen molar-refractivity contribution in [2.24, 2.45) is 0 Å². The average molecular weight is 451 g/mol. The maximum atomic E-state index is 13.6. The van der Waals surface area contributed by atoms with E-state index in [9.17, 15) is 9.18 Å². The first-order valence-corrected chi connectivity index (χ1v) is 9.10. The first-order chi connectivity index (χ1) is 10.4. The number of unbranched alkanes of at least 4 members (excludes halogenated alkanes) is 1. The fourth-order valence-corrected chi connectivity index (χ4v) is 4.26. The topological polar surface area (TPSA) is 49.3 Å². The fraction of sp³-hybridized carbons (Fsp3) is 0.267. The summed E-state index contributed by atoms with van der Waals surface area (Å²) in [6.45, 7) is 2.99. The molecule has 0 saturated heterocycles. The van der Waals surface area contributed by atoms with E-state index >= 15 is 0 Å². The molecule has 0 saturated carbocycles. The number of halogens is 3. The predicted octanol–water partition coefficient (Wildman–Crippen LogP) is 5.99. The van der Waals surface area contributed by atoms with Gasteiger partial charge in [0.1, 0.15) is 10.7 Å². The van der Waals surface area contributed by atoms with Gasteiger partial charge in [-0.2, -0.15) is 0 Å². The number of thiophene rings is 1. The lowest BCUT2D eigenvalue weighted by atomic mass is 10.1. The summed E-state index contributed by atoms with van der Waals surface area (Å²) < 4.78 is 15.3. The number of anilines is 1. The second-order valence-corrected chi connectivity index (χ2v) is 7.45. The molecule has 7 heteroatoms. The van der Waals surface area contributed by atoms with Crippen LogP contribution in [0, 0.1) is 5.82 Å². The van der Waals surface area contributed by atoms with E-state index in [1.165, 1.54) is 6.07 Å². The molecule has 0 fully saturated rings. The van der Waals surface area contributed by atoms with E-state index in [4.69, 9.17) is 5.11 Å². The number of rotatable bonds is 6. The summed E-state index contributed by atoms with van der Waals surface area (Å²) in [7, 11) is 0. The predicted molar refractivity (Wildman–Crippen MR) is 95.5 cm³/mol. The lowest BCUT2D eigenvalue weighted by molar-refractivity contribution is 0.0697. The minimum atomic E-state index is -1.25. The largest absolute Gasteiger partial charge is 0.477 e. The van der Waals surface area contributed by atoms with E-state index in [1.807, 2.05) is 12.1 Å². The van der Waals surface area contributed by atoms with Crippen LogP contribution in [0.3, 0.4) is 0 Å². The SMILES string of the molecule is CCCCNc1c(Br)cc(-c2cc(F)c(C(=O)O)s2)cc1Br. The molecule has 1 aromatic heterocycles. The molecule has 0 aliphatic heterocycles. The lowest BCUT2D eigenvalue weighted by Gasteiger charge is -2.12. The molecule has 2 rings (SSSR count). The third-order valence-corrected chi connectivity index (χ3v) is 5.44. The van der Waals surface area contributed by atoms with E-state index in [-0.39, 0.29) is 4.88 Å². The summed E-state index contributed by atoms with van der Waals surface area (Å²) >= 11 is 7.94. The van der Waals surface area contributed by atoms with Gasteiger partial charge in [0.15, 0.2) is 0 Å². The van der Waals surface area contributed by atoms with Gasteiger partial charge in [0.05, 0.1) is 5.69 Å². The smallest absolute Gasteiger partial charge is 0.348 e. The van der Waals surface area contributed by atoms with Crippen molar-refractivity contribution < 1.29 is 14.3 Å². The number of hydrogen-bond donors (Lipinski definition) is 2. The van der Waals surface area contributed by atoms with Crippen LogP contribution in [0.4, 0.5) is 10.1 Å². The van der Waals surface area contributed by atoms with E-state index in [2.05, 4.69) is 44.1 Å². The van der Waals surface area contributed by atoms with Crippen molar-refractivity contribution in [1.82, 2.24) is 0 Å². The van der Waals surface area contributed by atoms with Crippen molar-refractivity contribution in [3.8, 4) is 10.4 Å². The molecule has 3 nitrogen and oxygen atoms in total. The zero-order valence-electron chi connectivity index (χ0n) is 11.8. The monoisotopic (exact) mass is 449 g/mol. The molecule has 1 aromatic carbocycles. The molecule has 0 unspecified atom stereocenters. The van der Waals surface area contributed by atoms with Gasteiger partial charge in [-0.05, 0) is 62.0 Å². The third kappa shape index (κ3) is 3.88. The highest BCUT2D eigenvalue weighted by Gasteiger charge is 2.17. The van der Waals surface area contributed by atoms with Crippen LogP contribution in [0.1, 0.15) is 29.4 Å². The molecule has 0 amide bonds. The van der Waals surface area contributed by atoms with Crippen LogP contribution in [0.15, 0.2) is 27.1 Å². The minimum absolute atomic E-state index is 0.271. The van der Waals surface area contributed by atoms with Gasteiger partial charge < -0.3 is 10.4 Å². The summed E-state index contributed by atoms with van der Waals surface area (Å²) in [6.07, 6.45) is 2.17. The molecule has 22 heavy (non-hydrogen) atoms. The number of hydrogen-bond acceptors (Lipinski definition) is 3. The second kappa shape index (κ2) is 7.57. The van der Waals surface area contributed by atoms with Crippen molar-refractivity contribution in [1.29, 1.82) is 0 Å². The molecule has 0 spiro atoms. The van der Waals surface area contributed by atoms with Crippen molar-refractivity contribution in [3.63, 3.8) is 0 Å². The summed E-state index contributed by atoms with van der Waals surface area (Å²) in [6, 6.07) is 4.97. The van der Waals surface area contributed by atoms with Crippen LogP contribution in [0.25, 0.3) is 10.4 Å². The number of carboxylic acid groups (broad SMARTS) is 1. The Morgan fingerprint density at radius 1 is 1.32 bits per heavy atom. The Bertz CT molecular complexity index is 680. The van der Waals surface area contributed by atoms with Gasteiger partial charge in [0, 0.05) is 20.4 Å². The first-order valence-electron chi connectivity index (χ1n) is 6.70. The van der Waals surface area contributed by atoms with E-state index in [1.54, 1.807) is 0 Å². The average Bonchev–Trinajstić information content (AvgIpc) is 2.84. The Kier molecular flexibility index (Phi) is 6.00. The molecular formula is C15H14Br2FNO2S. The van der Waals surface area contributed by atoms with Crippen LogP contribution in [-0.4, -0.2) is 17.6 Å². The van der Waals surface area contributed by atoms with Crippen LogP contribution in [-0.2, 0) is 0 Å². The van der Waals surface area contributed by atoms with Crippen molar-refractivity contribution in [2.75, 3.05) is 11.9 Å². The fourth-order valence-electron chi connectivity index (χ4n) is 1.93. The normalized spacial score (nSPS) is 10.7. The van der Waals surface area contributed by atoms with Crippen LogP contribution in [0.2, 0.25) is 0 Å². The molecule has 2 aromatic rings. The molecule has 0 aliphatic carbocycles. The van der Waals surface area contributed by atoms with Gasteiger partial charge >= 0.3 is 5.97 Å². The highest BCUT2D eigenvalue weighted by atomic mass is 79.9. The quantitative estimate of drug-likeness (QED) is 0.531. The Morgan fingerprint density at radius 3 is 2.45 bits per heavy atom. The van der Waals surface area contributed by atoms with Crippen molar-refractivity contribution in [3.05, 3.63) is 37.8 Å². The highest BCUT2D eigenvalue weighted by Crippen LogP contribution is 2.39. The number of benzene rings is 1. The van der Waals surface area contributed by atoms with Crippen LogP contribution in [0.5, 0.6) is 0 Å². The zero-order chi connectivity index (χ0) is 16.3. The van der Waals surface area contributed by atoms with Gasteiger partial charge in [-0.15, -0.1) is 11.3 Å². The summed E-state index contributed by atoms with van der Waals surface area (Å²) in [5.74, 6) is -1.95. The maximum Gasteiger partial charge on any atom is 0.348 e. The zero-order valence-corrected chi connectivity index (χ0v) is 15.7. The van der Waals surface area contributed by atoms with E-state index in [0.717, 1.165) is 50.9 Å². The van der Waals surface area contributed by atoms with Gasteiger partial charge in [-0.1, -0.05) is 13.3 Å². The molecule has 118 valence electrons. The second-order valence-electron chi connectivity index (χ2n) is 4.69. The van der Waals surface area contributed by atoms with Crippen LogP contribution >= 0.6 is 43.2 Å². The summed E-state index contributed by atoms with van der Waals surface area (Å²) in [5, 5.41) is 12.3. The molecule has 0 bridgehead atoms. The van der Waals surface area contributed by atoms with Gasteiger partial charge in [0.2, 0.25) is 0 Å². The Labute approximate surface area is 148 Å². The first kappa shape index (κ1) is 17.4. The van der Waals surface area contributed by atoms with Gasteiger partial charge in [-0.3, -0.25) is 0 Å². The van der Waals surface area contributed by atoms with E-state index in [0.29, 0.717) is 4.88 Å². The highest BCUT2D eigenvalue weighted by molar-refractivity contribution is 9.11. The number of carbonyl (C=O) groups is 1. The molecule has 1 heterocycles. The van der Waals surface area contributed by atoms with Crippen molar-refractivity contribution in [2.45, 2.75) is 19.8 Å². The standard InChI is InChI=1S/C15H14Br2FNO2S/c1-2-3-4-19-13-9(16)5-8(6-10(13)17)12-7-11(18)14(22-12)15(20)21/h5-7,19H,2-4H2,1H3,(H,20,21). The summed E-state index contributed by atoms with van der Waals surface area (Å²) in [5.41, 5.74) is 1.70. The molecule has 0 radical (unpaired) electrons. The van der Waals surface area contributed by atoms with Gasteiger partial charge in [0.25, 0.3) is 0 Å². The number of carboxylic acids is 1. The lowest BCUT2D eigenvalue weighted by Crippen LogP contribution is -2.02. The molecule has 2 N–H and O–H groups in total. The Balaban J connectivity index is 2.33. The minimum Gasteiger partial charge on any atom is -0.477 e. The molecule has 0 atom stereocenters. The molecule has 0 aliphatic rings. The number of aromatic carboxylic acids is 1. The van der Waals surface area contributed by atoms with Crippen molar-refractivity contribution >= 4 is 54.9 Å². The summed E-state index contributed by atoms with van der Waals surface area (Å²) in [4.78, 5) is 11.3. The third-order valence-electron chi connectivity index (χ3n) is 3.04.